The Hall–Kier alpha value is -1.07. The molecule has 0 aromatic heterocycles. The third-order valence-electron chi connectivity index (χ3n) is 2.33. The minimum atomic E-state index is -0.951. The first-order chi connectivity index (χ1) is 8.31. The highest BCUT2D eigenvalue weighted by atomic mass is 79.9. The van der Waals surface area contributed by atoms with Gasteiger partial charge in [0.05, 0.1) is 11.4 Å². The van der Waals surface area contributed by atoms with Crippen LogP contribution in [-0.4, -0.2) is 23.0 Å². The van der Waals surface area contributed by atoms with Crippen molar-refractivity contribution in [3.63, 3.8) is 0 Å². The van der Waals surface area contributed by atoms with Crippen LogP contribution in [0.15, 0.2) is 16.6 Å². The molecule has 0 fully saturated rings. The number of hydrogen-bond acceptors (Lipinski definition) is 2. The number of halogens is 2. The van der Waals surface area contributed by atoms with E-state index in [-0.39, 0.29) is 12.3 Å². The molecule has 1 unspecified atom stereocenters. The standard InChI is InChI=1S/C12H13BrClNO3/c1-6-3-8(5-9(14)11(6)13)12(18)15-7(2)4-10(16)17/h3,5,7H,4H2,1-2H3,(H,15,18)(H,16,17). The van der Waals surface area contributed by atoms with E-state index in [0.29, 0.717) is 10.6 Å². The molecule has 1 atom stereocenters. The highest BCUT2D eigenvalue weighted by Gasteiger charge is 2.14. The van der Waals surface area contributed by atoms with Gasteiger partial charge in [-0.2, -0.15) is 0 Å². The summed E-state index contributed by atoms with van der Waals surface area (Å²) < 4.78 is 0.749. The largest absolute Gasteiger partial charge is 0.481 e. The fourth-order valence-electron chi connectivity index (χ4n) is 1.48. The molecule has 1 aromatic carbocycles. The number of nitrogens with one attached hydrogen (secondary N) is 1. The number of aryl methyl sites for hydroxylation is 1. The molecular formula is C12H13BrClNO3. The average molecular weight is 335 g/mol. The van der Waals surface area contributed by atoms with Gasteiger partial charge in [-0.25, -0.2) is 0 Å². The molecule has 4 nitrogen and oxygen atoms in total. The second kappa shape index (κ2) is 6.20. The van der Waals surface area contributed by atoms with Crippen molar-refractivity contribution < 1.29 is 14.7 Å². The number of amides is 1. The molecule has 18 heavy (non-hydrogen) atoms. The van der Waals surface area contributed by atoms with E-state index in [2.05, 4.69) is 21.2 Å². The number of aliphatic carboxylic acids is 1. The van der Waals surface area contributed by atoms with Crippen LogP contribution >= 0.6 is 27.5 Å². The van der Waals surface area contributed by atoms with E-state index in [1.165, 1.54) is 0 Å². The van der Waals surface area contributed by atoms with Gasteiger partial charge in [0, 0.05) is 16.1 Å². The summed E-state index contributed by atoms with van der Waals surface area (Å²) in [6, 6.07) is 2.80. The van der Waals surface area contributed by atoms with Crippen LogP contribution in [0.25, 0.3) is 0 Å². The maximum absolute atomic E-state index is 11.9. The van der Waals surface area contributed by atoms with Gasteiger partial charge in [0.2, 0.25) is 0 Å². The Morgan fingerprint density at radius 1 is 1.50 bits per heavy atom. The van der Waals surface area contributed by atoms with Crippen molar-refractivity contribution in [1.29, 1.82) is 0 Å². The van der Waals surface area contributed by atoms with Gasteiger partial charge in [0.15, 0.2) is 0 Å². The van der Waals surface area contributed by atoms with Crippen molar-refractivity contribution in [2.75, 3.05) is 0 Å². The first-order valence-corrected chi connectivity index (χ1v) is 6.46. The summed E-state index contributed by atoms with van der Waals surface area (Å²) in [6.07, 6.45) is -0.116. The summed E-state index contributed by atoms with van der Waals surface area (Å²) in [6.45, 7) is 3.47. The number of carbonyl (C=O) groups excluding carboxylic acids is 1. The second-order valence-corrected chi connectivity index (χ2v) is 5.26. The van der Waals surface area contributed by atoms with Crippen LogP contribution in [0.2, 0.25) is 5.02 Å². The number of carbonyl (C=O) groups is 2. The molecule has 98 valence electrons. The molecule has 0 spiro atoms. The van der Waals surface area contributed by atoms with E-state index < -0.39 is 12.0 Å². The Balaban J connectivity index is 2.82. The quantitative estimate of drug-likeness (QED) is 0.889. The number of carboxylic acid groups (broad SMARTS) is 1. The molecule has 1 aromatic rings. The van der Waals surface area contributed by atoms with Gasteiger partial charge < -0.3 is 10.4 Å². The number of benzene rings is 1. The fourth-order valence-corrected chi connectivity index (χ4v) is 1.97. The number of carboxylic acids is 1. The van der Waals surface area contributed by atoms with E-state index >= 15 is 0 Å². The average Bonchev–Trinajstić information content (AvgIpc) is 2.23. The van der Waals surface area contributed by atoms with Crippen LogP contribution in [0, 0.1) is 6.92 Å². The maximum Gasteiger partial charge on any atom is 0.305 e. The maximum atomic E-state index is 11.9. The predicted molar refractivity (Wildman–Crippen MR) is 73.1 cm³/mol. The summed E-state index contributed by atoms with van der Waals surface area (Å²) >= 11 is 9.27. The minimum absolute atomic E-state index is 0.116. The molecule has 0 aliphatic rings. The highest BCUT2D eigenvalue weighted by Crippen LogP contribution is 2.27. The van der Waals surface area contributed by atoms with Gasteiger partial charge in [-0.3, -0.25) is 9.59 Å². The second-order valence-electron chi connectivity index (χ2n) is 4.06. The zero-order chi connectivity index (χ0) is 13.9. The molecule has 0 aliphatic carbocycles. The van der Waals surface area contributed by atoms with E-state index in [9.17, 15) is 9.59 Å². The Bertz CT molecular complexity index is 467. The van der Waals surface area contributed by atoms with Crippen molar-refractivity contribution in [1.82, 2.24) is 5.32 Å². The van der Waals surface area contributed by atoms with Crippen molar-refractivity contribution in [3.8, 4) is 0 Å². The van der Waals surface area contributed by atoms with E-state index in [1.807, 2.05) is 6.92 Å². The zero-order valence-corrected chi connectivity index (χ0v) is 12.3. The first-order valence-electron chi connectivity index (χ1n) is 5.29. The molecule has 0 aliphatic heterocycles. The zero-order valence-electron chi connectivity index (χ0n) is 9.96. The molecule has 0 bridgehead atoms. The summed E-state index contributed by atoms with van der Waals surface area (Å²) in [7, 11) is 0. The highest BCUT2D eigenvalue weighted by molar-refractivity contribution is 9.10. The van der Waals surface area contributed by atoms with Gasteiger partial charge in [-0.05, 0) is 47.5 Å². The number of rotatable bonds is 4. The van der Waals surface area contributed by atoms with E-state index in [4.69, 9.17) is 16.7 Å². The third-order valence-corrected chi connectivity index (χ3v) is 3.91. The van der Waals surface area contributed by atoms with Crippen molar-refractivity contribution in [3.05, 3.63) is 32.8 Å². The van der Waals surface area contributed by atoms with Crippen LogP contribution in [0.4, 0.5) is 0 Å². The van der Waals surface area contributed by atoms with Crippen molar-refractivity contribution >= 4 is 39.4 Å². The molecule has 2 N–H and O–H groups in total. The lowest BCUT2D eigenvalue weighted by Crippen LogP contribution is -2.34. The summed E-state index contributed by atoms with van der Waals surface area (Å²) in [5.74, 6) is -1.28. The van der Waals surface area contributed by atoms with E-state index in [1.54, 1.807) is 19.1 Å². The summed E-state index contributed by atoms with van der Waals surface area (Å²) in [5.41, 5.74) is 1.26. The van der Waals surface area contributed by atoms with Crippen LogP contribution in [0.1, 0.15) is 29.3 Å². The van der Waals surface area contributed by atoms with Gasteiger partial charge in [-0.15, -0.1) is 0 Å². The van der Waals surface area contributed by atoms with Gasteiger partial charge in [-0.1, -0.05) is 11.6 Å². The third kappa shape index (κ3) is 3.99. The summed E-state index contributed by atoms with van der Waals surface area (Å²) in [4.78, 5) is 22.4. The van der Waals surface area contributed by atoms with E-state index in [0.717, 1.165) is 10.0 Å². The monoisotopic (exact) mass is 333 g/mol. The molecule has 0 heterocycles. The lowest BCUT2D eigenvalue weighted by Gasteiger charge is -2.12. The predicted octanol–water partition coefficient (Wildman–Crippen LogP) is 3.00. The minimum Gasteiger partial charge on any atom is -0.481 e. The SMILES string of the molecule is Cc1cc(C(=O)NC(C)CC(=O)O)cc(Cl)c1Br. The molecule has 6 heteroatoms. The fraction of sp³-hybridized carbons (Fsp3) is 0.333. The van der Waals surface area contributed by atoms with Crippen LogP contribution in [0.3, 0.4) is 0 Å². The summed E-state index contributed by atoms with van der Waals surface area (Å²) in [5, 5.41) is 11.7. The molecule has 1 rings (SSSR count). The van der Waals surface area contributed by atoms with Crippen LogP contribution in [0.5, 0.6) is 0 Å². The lowest BCUT2D eigenvalue weighted by atomic mass is 10.1. The molecular weight excluding hydrogens is 321 g/mol. The van der Waals surface area contributed by atoms with Crippen molar-refractivity contribution in [2.24, 2.45) is 0 Å². The van der Waals surface area contributed by atoms with Crippen molar-refractivity contribution in [2.45, 2.75) is 26.3 Å². The van der Waals surface area contributed by atoms with Crippen LogP contribution in [-0.2, 0) is 4.79 Å². The topological polar surface area (TPSA) is 66.4 Å². The Morgan fingerprint density at radius 2 is 2.11 bits per heavy atom. The Morgan fingerprint density at radius 3 is 2.61 bits per heavy atom. The van der Waals surface area contributed by atoms with Gasteiger partial charge in [0.25, 0.3) is 5.91 Å². The van der Waals surface area contributed by atoms with Crippen LogP contribution < -0.4 is 5.32 Å². The molecule has 0 radical (unpaired) electrons. The molecule has 1 amide bonds. The van der Waals surface area contributed by atoms with Gasteiger partial charge >= 0.3 is 5.97 Å². The number of hydrogen-bond donors (Lipinski definition) is 2. The Kier molecular flexibility index (Phi) is 5.16. The van der Waals surface area contributed by atoms with Gasteiger partial charge in [0.1, 0.15) is 0 Å². The molecule has 0 saturated carbocycles. The molecule has 0 saturated heterocycles. The smallest absolute Gasteiger partial charge is 0.305 e. The Labute approximate surface area is 118 Å². The first kappa shape index (κ1) is 15.0. The normalized spacial score (nSPS) is 12.0. The lowest BCUT2D eigenvalue weighted by molar-refractivity contribution is -0.137.